The number of benzene rings is 2. The molecule has 0 radical (unpaired) electrons. The second-order valence-electron chi connectivity index (χ2n) is 9.31. The van der Waals surface area contributed by atoms with Crippen LogP contribution in [0.1, 0.15) is 59.2 Å². The van der Waals surface area contributed by atoms with E-state index in [2.05, 4.69) is 22.0 Å². The number of nitrogens with zero attached hydrogens (tertiary/aromatic N) is 2. The molecule has 0 aliphatic heterocycles. The van der Waals surface area contributed by atoms with Crippen molar-refractivity contribution in [2.45, 2.75) is 58.4 Å². The Hall–Kier alpha value is -3.13. The first-order chi connectivity index (χ1) is 15.3. The number of hydrogen-bond donors (Lipinski definition) is 1. The van der Waals surface area contributed by atoms with Crippen molar-refractivity contribution >= 4 is 15.9 Å². The predicted molar refractivity (Wildman–Crippen MR) is 128 cm³/mol. The maximum absolute atomic E-state index is 13.2. The number of nitrogens with one attached hydrogen (secondary N) is 1. The first kappa shape index (κ1) is 24.5. The van der Waals surface area contributed by atoms with Gasteiger partial charge in [-0.15, -0.1) is 0 Å². The third kappa shape index (κ3) is 5.45. The molecule has 0 fully saturated rings. The van der Waals surface area contributed by atoms with E-state index < -0.39 is 15.9 Å². The Morgan fingerprint density at radius 2 is 1.70 bits per heavy atom. The van der Waals surface area contributed by atoms with E-state index in [0.29, 0.717) is 18.0 Å². The minimum atomic E-state index is -4.10. The molecule has 176 valence electrons. The van der Waals surface area contributed by atoms with Crippen LogP contribution in [-0.2, 0) is 22.0 Å². The van der Waals surface area contributed by atoms with Gasteiger partial charge in [0.2, 0.25) is 0 Å². The van der Waals surface area contributed by atoms with Gasteiger partial charge in [0.25, 0.3) is 15.9 Å². The average molecular weight is 470 g/mol. The Morgan fingerprint density at radius 3 is 2.27 bits per heavy atom. The first-order valence-corrected chi connectivity index (χ1v) is 12.2. The third-order valence-electron chi connectivity index (χ3n) is 5.51. The number of carbonyl (C=O) groups is 1. The fourth-order valence-corrected chi connectivity index (χ4v) is 4.69. The van der Waals surface area contributed by atoms with Crippen molar-refractivity contribution in [1.29, 1.82) is 0 Å². The highest BCUT2D eigenvalue weighted by Gasteiger charge is 2.26. The van der Waals surface area contributed by atoms with Gasteiger partial charge in [0, 0.05) is 11.5 Å². The molecule has 2 aromatic carbocycles. The summed E-state index contributed by atoms with van der Waals surface area (Å²) in [4.78, 5) is 13.1. The molecular weight excluding hydrogens is 438 g/mol. The molecule has 33 heavy (non-hydrogen) atoms. The van der Waals surface area contributed by atoms with Crippen LogP contribution in [-0.4, -0.2) is 31.2 Å². The summed E-state index contributed by atoms with van der Waals surface area (Å²) in [5.74, 6) is -0.348. The fraction of sp³-hybridized carbons (Fsp3) is 0.360. The van der Waals surface area contributed by atoms with Gasteiger partial charge in [-0.1, -0.05) is 44.5 Å². The summed E-state index contributed by atoms with van der Waals surface area (Å²) in [7, 11) is -2.65. The smallest absolute Gasteiger partial charge is 0.283 e. The molecular formula is C25H31N3O4S. The van der Waals surface area contributed by atoms with Gasteiger partial charge in [-0.05, 0) is 55.7 Å². The van der Waals surface area contributed by atoms with Crippen molar-refractivity contribution in [3.8, 4) is 5.75 Å². The number of amides is 1. The highest BCUT2D eigenvalue weighted by Crippen LogP contribution is 2.25. The van der Waals surface area contributed by atoms with Crippen LogP contribution < -0.4 is 9.46 Å². The summed E-state index contributed by atoms with van der Waals surface area (Å²) in [5, 5.41) is 4.67. The Morgan fingerprint density at radius 1 is 1.06 bits per heavy atom. The normalized spacial score (nSPS) is 12.0. The lowest BCUT2D eigenvalue weighted by Crippen LogP contribution is -2.32. The summed E-state index contributed by atoms with van der Waals surface area (Å²) in [5.41, 5.74) is 4.97. The van der Waals surface area contributed by atoms with E-state index in [1.807, 2.05) is 41.5 Å². The van der Waals surface area contributed by atoms with Crippen molar-refractivity contribution in [1.82, 2.24) is 14.5 Å². The van der Waals surface area contributed by atoms with E-state index >= 15 is 0 Å². The van der Waals surface area contributed by atoms with E-state index in [1.165, 1.54) is 19.2 Å². The molecule has 1 heterocycles. The number of aryl methyl sites for hydroxylation is 3. The first-order valence-electron chi connectivity index (χ1n) is 10.7. The van der Waals surface area contributed by atoms with Crippen molar-refractivity contribution in [3.63, 3.8) is 0 Å². The molecule has 0 atom stereocenters. The van der Waals surface area contributed by atoms with Gasteiger partial charge in [0.1, 0.15) is 11.4 Å². The van der Waals surface area contributed by atoms with Gasteiger partial charge in [-0.25, -0.2) is 13.1 Å². The van der Waals surface area contributed by atoms with Gasteiger partial charge in [0.15, 0.2) is 0 Å². The summed E-state index contributed by atoms with van der Waals surface area (Å²) < 4.78 is 34.6. The lowest BCUT2D eigenvalue weighted by Gasteiger charge is -2.15. The van der Waals surface area contributed by atoms with Gasteiger partial charge in [0.05, 0.1) is 24.2 Å². The SMILES string of the molecule is COc1cccc(S(=O)(=O)NC(=O)c2cc(C(C)(C)C)nn2Cc2c(C)cc(C)cc2C)c1. The molecule has 1 N–H and O–H groups in total. The quantitative estimate of drug-likeness (QED) is 0.582. The van der Waals surface area contributed by atoms with Crippen molar-refractivity contribution < 1.29 is 17.9 Å². The van der Waals surface area contributed by atoms with E-state index in [9.17, 15) is 13.2 Å². The molecule has 1 amide bonds. The summed E-state index contributed by atoms with van der Waals surface area (Å²) >= 11 is 0. The van der Waals surface area contributed by atoms with E-state index in [-0.39, 0.29) is 16.0 Å². The number of sulfonamides is 1. The summed E-state index contributed by atoms with van der Waals surface area (Å²) in [6, 6.07) is 11.8. The van der Waals surface area contributed by atoms with Gasteiger partial charge >= 0.3 is 0 Å². The number of aromatic nitrogens is 2. The molecule has 8 heteroatoms. The molecule has 0 aliphatic rings. The van der Waals surface area contributed by atoms with Crippen molar-refractivity contribution in [2.75, 3.05) is 7.11 Å². The number of carbonyl (C=O) groups excluding carboxylic acids is 1. The average Bonchev–Trinajstić information content (AvgIpc) is 3.15. The third-order valence-corrected chi connectivity index (χ3v) is 6.84. The highest BCUT2D eigenvalue weighted by molar-refractivity contribution is 7.90. The Labute approximate surface area is 195 Å². The lowest BCUT2D eigenvalue weighted by molar-refractivity contribution is 0.0971. The monoisotopic (exact) mass is 469 g/mol. The molecule has 3 aromatic rings. The number of ether oxygens (including phenoxy) is 1. The molecule has 0 saturated carbocycles. The van der Waals surface area contributed by atoms with Crippen LogP contribution in [0.5, 0.6) is 5.75 Å². The Balaban J connectivity index is 2.01. The van der Waals surface area contributed by atoms with Gasteiger partial charge < -0.3 is 4.74 Å². The van der Waals surface area contributed by atoms with Crippen LogP contribution in [0.25, 0.3) is 0 Å². The second kappa shape index (κ2) is 9.02. The zero-order valence-electron chi connectivity index (χ0n) is 20.2. The number of rotatable bonds is 6. The minimum absolute atomic E-state index is 0.0532. The van der Waals surface area contributed by atoms with Crippen LogP contribution in [0.4, 0.5) is 0 Å². The van der Waals surface area contributed by atoms with Crippen LogP contribution in [0.15, 0.2) is 47.4 Å². The molecule has 0 bridgehead atoms. The van der Waals surface area contributed by atoms with Crippen LogP contribution in [0, 0.1) is 20.8 Å². The summed E-state index contributed by atoms with van der Waals surface area (Å²) in [6.07, 6.45) is 0. The maximum Gasteiger partial charge on any atom is 0.283 e. The minimum Gasteiger partial charge on any atom is -0.497 e. The highest BCUT2D eigenvalue weighted by atomic mass is 32.2. The molecule has 0 saturated heterocycles. The van der Waals surface area contributed by atoms with Crippen molar-refractivity contribution in [3.05, 3.63) is 76.1 Å². The zero-order chi connectivity index (χ0) is 24.6. The molecule has 3 rings (SSSR count). The second-order valence-corrected chi connectivity index (χ2v) is 11.0. The van der Waals surface area contributed by atoms with Crippen LogP contribution in [0.2, 0.25) is 0 Å². The van der Waals surface area contributed by atoms with Crippen LogP contribution >= 0.6 is 0 Å². The maximum atomic E-state index is 13.2. The molecule has 1 aromatic heterocycles. The van der Waals surface area contributed by atoms with Crippen LogP contribution in [0.3, 0.4) is 0 Å². The number of methoxy groups -OCH3 is 1. The molecule has 0 spiro atoms. The zero-order valence-corrected chi connectivity index (χ0v) is 21.0. The summed E-state index contributed by atoms with van der Waals surface area (Å²) in [6.45, 7) is 12.4. The van der Waals surface area contributed by atoms with E-state index in [1.54, 1.807) is 22.9 Å². The standard InChI is InChI=1S/C25H31N3O4S/c1-16-11-17(2)21(18(3)12-16)15-28-22(14-23(26-28)25(4,5)6)24(29)27-33(30,31)20-10-8-9-19(13-20)32-7/h8-14H,15H2,1-7H3,(H,27,29). The van der Waals surface area contributed by atoms with E-state index in [0.717, 1.165) is 22.3 Å². The molecule has 0 aliphatic carbocycles. The number of hydrogen-bond acceptors (Lipinski definition) is 5. The molecule has 7 nitrogen and oxygen atoms in total. The largest absolute Gasteiger partial charge is 0.497 e. The van der Waals surface area contributed by atoms with Gasteiger partial charge in [-0.2, -0.15) is 5.10 Å². The van der Waals surface area contributed by atoms with E-state index in [4.69, 9.17) is 4.74 Å². The predicted octanol–water partition coefficient (Wildman–Crippen LogP) is 4.28. The van der Waals surface area contributed by atoms with Crippen molar-refractivity contribution in [2.24, 2.45) is 0 Å². The fourth-order valence-electron chi connectivity index (χ4n) is 3.70. The lowest BCUT2D eigenvalue weighted by atomic mass is 9.92. The molecule has 0 unspecified atom stereocenters. The Bertz CT molecular complexity index is 1280. The topological polar surface area (TPSA) is 90.3 Å². The Kier molecular flexibility index (Phi) is 6.70. The van der Waals surface area contributed by atoms with Gasteiger partial charge in [-0.3, -0.25) is 9.48 Å².